The molecule has 0 bridgehead atoms. The predicted molar refractivity (Wildman–Crippen MR) is 75.0 cm³/mol. The summed E-state index contributed by atoms with van der Waals surface area (Å²) in [7, 11) is 0. The van der Waals surface area contributed by atoms with Gasteiger partial charge in [0, 0.05) is 31.4 Å². The first-order valence-electron chi connectivity index (χ1n) is 7.13. The van der Waals surface area contributed by atoms with Gasteiger partial charge >= 0.3 is 0 Å². The largest absolute Gasteiger partial charge is 0.388 e. The van der Waals surface area contributed by atoms with Gasteiger partial charge in [-0.25, -0.2) is 0 Å². The third-order valence-corrected chi connectivity index (χ3v) is 4.11. The van der Waals surface area contributed by atoms with Gasteiger partial charge in [-0.2, -0.15) is 0 Å². The Balaban J connectivity index is 1.85. The molecule has 1 fully saturated rings. The van der Waals surface area contributed by atoms with Crippen LogP contribution in [0, 0.1) is 0 Å². The Morgan fingerprint density at radius 3 is 2.95 bits per heavy atom. The molecule has 1 saturated heterocycles. The highest BCUT2D eigenvalue weighted by Crippen LogP contribution is 2.26. The van der Waals surface area contributed by atoms with Crippen molar-refractivity contribution in [2.24, 2.45) is 0 Å². The minimum absolute atomic E-state index is 0.00727. The lowest BCUT2D eigenvalue weighted by atomic mass is 9.86. The highest BCUT2D eigenvalue weighted by atomic mass is 16.3. The molecule has 2 heterocycles. The third kappa shape index (κ3) is 3.35. The SMILES string of the molecule is CC[C@@]1(O)CCN(C(=O)CCc2ccccn2)C[C@H]1O. The Bertz CT molecular complexity index is 452. The number of rotatable bonds is 4. The van der Waals surface area contributed by atoms with E-state index in [0.29, 0.717) is 32.2 Å². The van der Waals surface area contributed by atoms with Crippen LogP contribution in [0.5, 0.6) is 0 Å². The Morgan fingerprint density at radius 2 is 2.35 bits per heavy atom. The highest BCUT2D eigenvalue weighted by Gasteiger charge is 2.40. The van der Waals surface area contributed by atoms with Crippen molar-refractivity contribution in [3.63, 3.8) is 0 Å². The van der Waals surface area contributed by atoms with E-state index in [1.165, 1.54) is 0 Å². The average molecular weight is 278 g/mol. The van der Waals surface area contributed by atoms with E-state index in [1.807, 2.05) is 25.1 Å². The second-order valence-electron chi connectivity index (χ2n) is 5.38. The summed E-state index contributed by atoms with van der Waals surface area (Å²) in [6.45, 7) is 2.57. The lowest BCUT2D eigenvalue weighted by Crippen LogP contribution is -2.56. The Kier molecular flexibility index (Phi) is 4.73. The standard InChI is InChI=1S/C15H22N2O3/c1-2-15(20)8-10-17(11-13(15)18)14(19)7-6-12-5-3-4-9-16-12/h3-5,9,13,18,20H,2,6-8,10-11H2,1H3/t13-,15-/m1/s1. The number of nitrogens with zero attached hydrogens (tertiary/aromatic N) is 2. The van der Waals surface area contributed by atoms with Crippen molar-refractivity contribution in [3.8, 4) is 0 Å². The van der Waals surface area contributed by atoms with E-state index in [4.69, 9.17) is 0 Å². The van der Waals surface area contributed by atoms with E-state index in [9.17, 15) is 15.0 Å². The number of carbonyl (C=O) groups excluding carboxylic acids is 1. The molecule has 2 atom stereocenters. The van der Waals surface area contributed by atoms with E-state index in [-0.39, 0.29) is 12.5 Å². The third-order valence-electron chi connectivity index (χ3n) is 4.11. The molecule has 1 amide bonds. The van der Waals surface area contributed by atoms with Gasteiger partial charge in [0.25, 0.3) is 0 Å². The van der Waals surface area contributed by atoms with Crippen LogP contribution in [-0.4, -0.2) is 50.8 Å². The van der Waals surface area contributed by atoms with Crippen LogP contribution in [0.15, 0.2) is 24.4 Å². The molecule has 5 nitrogen and oxygen atoms in total. The van der Waals surface area contributed by atoms with Gasteiger partial charge < -0.3 is 15.1 Å². The Labute approximate surface area is 119 Å². The van der Waals surface area contributed by atoms with Crippen LogP contribution in [-0.2, 0) is 11.2 Å². The van der Waals surface area contributed by atoms with Gasteiger partial charge in [-0.1, -0.05) is 13.0 Å². The number of aliphatic hydroxyl groups excluding tert-OH is 1. The smallest absolute Gasteiger partial charge is 0.223 e. The van der Waals surface area contributed by atoms with Crippen molar-refractivity contribution >= 4 is 5.91 Å². The second kappa shape index (κ2) is 6.33. The number of pyridine rings is 1. The molecule has 20 heavy (non-hydrogen) atoms. The van der Waals surface area contributed by atoms with E-state index < -0.39 is 11.7 Å². The summed E-state index contributed by atoms with van der Waals surface area (Å²) in [6, 6.07) is 5.64. The molecule has 0 aromatic carbocycles. The molecule has 0 saturated carbocycles. The number of piperidine rings is 1. The number of amides is 1. The van der Waals surface area contributed by atoms with Crippen molar-refractivity contribution in [2.45, 2.75) is 44.3 Å². The molecule has 1 aliphatic heterocycles. The van der Waals surface area contributed by atoms with Gasteiger partial charge in [-0.3, -0.25) is 9.78 Å². The number of hydrogen-bond acceptors (Lipinski definition) is 4. The number of likely N-dealkylation sites (tertiary alicyclic amines) is 1. The molecule has 1 aliphatic rings. The van der Waals surface area contributed by atoms with E-state index in [2.05, 4.69) is 4.98 Å². The van der Waals surface area contributed by atoms with Crippen LogP contribution in [0.3, 0.4) is 0 Å². The maximum Gasteiger partial charge on any atom is 0.223 e. The number of aliphatic hydroxyl groups is 2. The summed E-state index contributed by atoms with van der Waals surface area (Å²) in [5.74, 6) is 0.00727. The summed E-state index contributed by atoms with van der Waals surface area (Å²) < 4.78 is 0. The number of hydrogen-bond donors (Lipinski definition) is 2. The monoisotopic (exact) mass is 278 g/mol. The summed E-state index contributed by atoms with van der Waals surface area (Å²) in [5.41, 5.74) is -0.152. The van der Waals surface area contributed by atoms with Crippen molar-refractivity contribution < 1.29 is 15.0 Å². The molecular formula is C15H22N2O3. The topological polar surface area (TPSA) is 73.7 Å². The van der Waals surface area contributed by atoms with Gasteiger partial charge in [0.2, 0.25) is 5.91 Å². The lowest BCUT2D eigenvalue weighted by molar-refractivity contribution is -0.149. The van der Waals surface area contributed by atoms with Crippen LogP contribution < -0.4 is 0 Å². The quantitative estimate of drug-likeness (QED) is 0.852. The fourth-order valence-electron chi connectivity index (χ4n) is 2.54. The Hall–Kier alpha value is -1.46. The van der Waals surface area contributed by atoms with Crippen LogP contribution in [0.25, 0.3) is 0 Å². The van der Waals surface area contributed by atoms with Crippen molar-refractivity contribution in [1.82, 2.24) is 9.88 Å². The van der Waals surface area contributed by atoms with Gasteiger partial charge in [0.05, 0.1) is 5.60 Å². The van der Waals surface area contributed by atoms with Gasteiger partial charge in [0.15, 0.2) is 0 Å². The number of aromatic nitrogens is 1. The lowest BCUT2D eigenvalue weighted by Gasteiger charge is -2.41. The molecule has 1 aromatic rings. The molecule has 1 aromatic heterocycles. The molecule has 2 N–H and O–H groups in total. The maximum atomic E-state index is 12.1. The fraction of sp³-hybridized carbons (Fsp3) is 0.600. The highest BCUT2D eigenvalue weighted by molar-refractivity contribution is 5.76. The van der Waals surface area contributed by atoms with Crippen LogP contribution in [0.2, 0.25) is 0 Å². The molecule has 0 unspecified atom stereocenters. The molecule has 2 rings (SSSR count). The first kappa shape index (κ1) is 14.9. The van der Waals surface area contributed by atoms with E-state index in [1.54, 1.807) is 11.1 Å². The summed E-state index contributed by atoms with van der Waals surface area (Å²) in [6.07, 6.45) is 2.77. The summed E-state index contributed by atoms with van der Waals surface area (Å²) in [5, 5.41) is 20.1. The minimum atomic E-state index is -1.04. The summed E-state index contributed by atoms with van der Waals surface area (Å²) in [4.78, 5) is 17.9. The van der Waals surface area contributed by atoms with Gasteiger partial charge in [-0.05, 0) is 31.4 Å². The maximum absolute atomic E-state index is 12.1. The van der Waals surface area contributed by atoms with Crippen LogP contribution in [0.1, 0.15) is 31.9 Å². The zero-order valence-corrected chi connectivity index (χ0v) is 11.8. The molecule has 0 radical (unpaired) electrons. The van der Waals surface area contributed by atoms with Crippen molar-refractivity contribution in [3.05, 3.63) is 30.1 Å². The van der Waals surface area contributed by atoms with Gasteiger partial charge in [0.1, 0.15) is 6.10 Å². The summed E-state index contributed by atoms with van der Waals surface area (Å²) >= 11 is 0. The molecule has 0 spiro atoms. The van der Waals surface area contributed by atoms with Gasteiger partial charge in [-0.15, -0.1) is 0 Å². The number of β-amino-alcohol motifs (C(OH)–C–C–N with tert-alkyl or cyclic N) is 1. The van der Waals surface area contributed by atoms with E-state index >= 15 is 0 Å². The fourth-order valence-corrected chi connectivity index (χ4v) is 2.54. The first-order chi connectivity index (χ1) is 9.55. The molecule has 5 heteroatoms. The van der Waals surface area contributed by atoms with E-state index in [0.717, 1.165) is 5.69 Å². The minimum Gasteiger partial charge on any atom is -0.388 e. The van der Waals surface area contributed by atoms with Crippen LogP contribution in [0.4, 0.5) is 0 Å². The van der Waals surface area contributed by atoms with Crippen molar-refractivity contribution in [2.75, 3.05) is 13.1 Å². The number of aryl methyl sites for hydroxylation is 1. The average Bonchev–Trinajstić information content (AvgIpc) is 2.48. The molecule has 0 aliphatic carbocycles. The predicted octanol–water partition coefficient (Wildman–Crippen LogP) is 0.748. The first-order valence-corrected chi connectivity index (χ1v) is 7.13. The number of carbonyl (C=O) groups is 1. The molecular weight excluding hydrogens is 256 g/mol. The second-order valence-corrected chi connectivity index (χ2v) is 5.38. The van der Waals surface area contributed by atoms with Crippen LogP contribution >= 0.6 is 0 Å². The van der Waals surface area contributed by atoms with Crippen molar-refractivity contribution in [1.29, 1.82) is 0 Å². The molecule has 110 valence electrons. The zero-order valence-electron chi connectivity index (χ0n) is 11.8. The zero-order chi connectivity index (χ0) is 14.6. The Morgan fingerprint density at radius 1 is 1.55 bits per heavy atom. The normalized spacial score (nSPS) is 26.6.